The van der Waals surface area contributed by atoms with E-state index in [1.54, 1.807) is 19.1 Å². The molecule has 1 aromatic heterocycles. The first-order valence-corrected chi connectivity index (χ1v) is 11.3. The number of carbonyl (C=O) groups is 1. The fraction of sp³-hybridized carbons (Fsp3) is 0.300. The smallest absolute Gasteiger partial charge is 0.256 e. The summed E-state index contributed by atoms with van der Waals surface area (Å²) in [5, 5.41) is 0. The van der Waals surface area contributed by atoms with Gasteiger partial charge in [0.25, 0.3) is 5.91 Å². The summed E-state index contributed by atoms with van der Waals surface area (Å²) in [7, 11) is -3.66. The molecular formula is C20H21FN4O3S2. The topological polar surface area (TPSA) is 89.3 Å². The van der Waals surface area contributed by atoms with E-state index in [1.165, 1.54) is 21.3 Å². The second-order valence-electron chi connectivity index (χ2n) is 7.42. The Balaban J connectivity index is 1.56. The van der Waals surface area contributed by atoms with E-state index < -0.39 is 15.8 Å². The number of aryl methyl sites for hydroxylation is 2. The maximum Gasteiger partial charge on any atom is 0.256 e. The van der Waals surface area contributed by atoms with E-state index in [4.69, 9.17) is 12.2 Å². The van der Waals surface area contributed by atoms with Crippen molar-refractivity contribution in [3.63, 3.8) is 0 Å². The molecule has 10 heteroatoms. The van der Waals surface area contributed by atoms with Gasteiger partial charge in [-0.3, -0.25) is 4.79 Å². The molecule has 1 fully saturated rings. The van der Waals surface area contributed by atoms with Crippen molar-refractivity contribution in [2.45, 2.75) is 18.7 Å². The molecule has 2 aromatic carbocycles. The summed E-state index contributed by atoms with van der Waals surface area (Å²) in [4.78, 5) is 20.5. The van der Waals surface area contributed by atoms with Crippen LogP contribution < -0.4 is 0 Å². The number of halogens is 1. The molecule has 0 bridgehead atoms. The van der Waals surface area contributed by atoms with Gasteiger partial charge in [0, 0.05) is 26.2 Å². The van der Waals surface area contributed by atoms with Crippen molar-refractivity contribution in [3.05, 3.63) is 57.6 Å². The van der Waals surface area contributed by atoms with Gasteiger partial charge >= 0.3 is 0 Å². The summed E-state index contributed by atoms with van der Waals surface area (Å²) in [5.41, 5.74) is 2.58. The van der Waals surface area contributed by atoms with Crippen molar-refractivity contribution < 1.29 is 17.6 Å². The van der Waals surface area contributed by atoms with Crippen LogP contribution in [-0.4, -0.2) is 59.7 Å². The summed E-state index contributed by atoms with van der Waals surface area (Å²) in [6.07, 6.45) is 0. The predicted molar refractivity (Wildman–Crippen MR) is 114 cm³/mol. The molecule has 1 saturated heterocycles. The molecule has 0 atom stereocenters. The van der Waals surface area contributed by atoms with Gasteiger partial charge in [-0.15, -0.1) is 0 Å². The van der Waals surface area contributed by atoms with Crippen LogP contribution in [0.1, 0.15) is 21.5 Å². The second kappa shape index (κ2) is 7.60. The number of rotatable bonds is 3. The highest BCUT2D eigenvalue weighted by molar-refractivity contribution is 7.89. The molecule has 0 radical (unpaired) electrons. The van der Waals surface area contributed by atoms with E-state index >= 15 is 0 Å². The van der Waals surface area contributed by atoms with E-state index in [1.807, 2.05) is 13.0 Å². The summed E-state index contributed by atoms with van der Waals surface area (Å²) in [6.45, 7) is 4.38. The Kier molecular flexibility index (Phi) is 5.25. The number of sulfonamides is 1. The largest absolute Gasteiger partial charge is 0.336 e. The molecule has 158 valence electrons. The number of nitrogens with zero attached hydrogens (tertiary/aromatic N) is 2. The summed E-state index contributed by atoms with van der Waals surface area (Å²) < 4.78 is 41.8. The number of carbonyl (C=O) groups excluding carboxylic acids is 1. The van der Waals surface area contributed by atoms with Crippen LogP contribution in [0, 0.1) is 24.4 Å². The zero-order chi connectivity index (χ0) is 21.6. The Morgan fingerprint density at radius 1 is 1.07 bits per heavy atom. The van der Waals surface area contributed by atoms with Crippen LogP contribution in [0.4, 0.5) is 4.39 Å². The van der Waals surface area contributed by atoms with Crippen molar-refractivity contribution in [1.82, 2.24) is 19.2 Å². The fourth-order valence-electron chi connectivity index (χ4n) is 3.70. The number of hydrogen-bond acceptors (Lipinski definition) is 4. The molecule has 3 aromatic rings. The van der Waals surface area contributed by atoms with Crippen molar-refractivity contribution in [3.8, 4) is 0 Å². The third-order valence-corrected chi connectivity index (χ3v) is 7.55. The number of imidazole rings is 1. The zero-order valence-electron chi connectivity index (χ0n) is 16.5. The summed E-state index contributed by atoms with van der Waals surface area (Å²) in [6, 6.07) is 7.77. The minimum atomic E-state index is -3.66. The maximum absolute atomic E-state index is 14.0. The molecule has 0 unspecified atom stereocenters. The van der Waals surface area contributed by atoms with E-state index in [0.717, 1.165) is 5.56 Å². The highest BCUT2D eigenvalue weighted by atomic mass is 32.2. The zero-order valence-corrected chi connectivity index (χ0v) is 18.2. The Morgan fingerprint density at radius 2 is 1.77 bits per heavy atom. The molecule has 4 rings (SSSR count). The Bertz CT molecular complexity index is 1310. The lowest BCUT2D eigenvalue weighted by Crippen LogP contribution is -2.50. The number of piperazine rings is 1. The third kappa shape index (κ3) is 3.66. The van der Waals surface area contributed by atoms with Gasteiger partial charge in [-0.2, -0.15) is 4.31 Å². The molecule has 7 nitrogen and oxygen atoms in total. The SMILES string of the molecule is Cc1ccc(C)c(S(=O)(=O)N2CCN(C(=O)c3cc(F)cc4[nH]c(=S)[nH]c34)CC2)c1. The van der Waals surface area contributed by atoms with Crippen molar-refractivity contribution in [1.29, 1.82) is 0 Å². The monoisotopic (exact) mass is 448 g/mol. The van der Waals surface area contributed by atoms with Gasteiger partial charge in [0.1, 0.15) is 5.82 Å². The Morgan fingerprint density at radius 3 is 2.47 bits per heavy atom. The Labute approximate surface area is 178 Å². The minimum absolute atomic E-state index is 0.170. The van der Waals surface area contributed by atoms with Gasteiger partial charge in [0.15, 0.2) is 4.77 Å². The van der Waals surface area contributed by atoms with Gasteiger partial charge in [-0.1, -0.05) is 12.1 Å². The van der Waals surface area contributed by atoms with E-state index in [-0.39, 0.29) is 42.5 Å². The highest BCUT2D eigenvalue weighted by Crippen LogP contribution is 2.24. The molecule has 1 amide bonds. The molecule has 2 N–H and O–H groups in total. The number of aromatic nitrogens is 2. The quantitative estimate of drug-likeness (QED) is 0.603. The number of H-pyrrole nitrogens is 2. The lowest BCUT2D eigenvalue weighted by atomic mass is 10.1. The van der Waals surface area contributed by atoms with E-state index in [9.17, 15) is 17.6 Å². The number of aromatic amines is 2. The van der Waals surface area contributed by atoms with Crippen LogP contribution in [0.5, 0.6) is 0 Å². The Hall–Kier alpha value is -2.56. The first-order valence-electron chi connectivity index (χ1n) is 9.45. The van der Waals surface area contributed by atoms with Gasteiger partial charge in [-0.05, 0) is 55.4 Å². The number of nitrogens with one attached hydrogen (secondary N) is 2. The normalized spacial score (nSPS) is 15.6. The molecular weight excluding hydrogens is 427 g/mol. The predicted octanol–water partition coefficient (Wildman–Crippen LogP) is 3.13. The molecule has 2 heterocycles. The standard InChI is InChI=1S/C20H21FN4O3S2/c1-12-3-4-13(2)17(9-12)30(27,28)25-7-5-24(6-8-25)19(26)15-10-14(21)11-16-18(15)23-20(29)22-16/h3-4,9-11H,5-8H2,1-2H3,(H2,22,23,29). The van der Waals surface area contributed by atoms with Crippen molar-refractivity contribution in [2.75, 3.05) is 26.2 Å². The van der Waals surface area contributed by atoms with Gasteiger partial charge in [-0.25, -0.2) is 12.8 Å². The lowest BCUT2D eigenvalue weighted by molar-refractivity contribution is 0.0699. The highest BCUT2D eigenvalue weighted by Gasteiger charge is 2.32. The molecule has 1 aliphatic rings. The van der Waals surface area contributed by atoms with Gasteiger partial charge < -0.3 is 14.9 Å². The maximum atomic E-state index is 14.0. The third-order valence-electron chi connectivity index (χ3n) is 5.31. The number of benzene rings is 2. The first-order chi connectivity index (χ1) is 14.2. The van der Waals surface area contributed by atoms with Crippen LogP contribution in [0.3, 0.4) is 0 Å². The molecule has 1 aliphatic heterocycles. The first kappa shape index (κ1) is 20.7. The van der Waals surface area contributed by atoms with E-state index in [2.05, 4.69) is 9.97 Å². The number of hydrogen-bond donors (Lipinski definition) is 2. The van der Waals surface area contributed by atoms with E-state index in [0.29, 0.717) is 21.4 Å². The van der Waals surface area contributed by atoms with Crippen LogP contribution in [0.2, 0.25) is 0 Å². The average molecular weight is 449 g/mol. The molecule has 0 spiro atoms. The summed E-state index contributed by atoms with van der Waals surface area (Å²) >= 11 is 5.05. The minimum Gasteiger partial charge on any atom is -0.336 e. The molecule has 0 aliphatic carbocycles. The average Bonchev–Trinajstić information content (AvgIpc) is 3.08. The van der Waals surface area contributed by atoms with Crippen molar-refractivity contribution >= 4 is 39.2 Å². The molecule has 30 heavy (non-hydrogen) atoms. The van der Waals surface area contributed by atoms with Gasteiger partial charge in [0.2, 0.25) is 10.0 Å². The lowest BCUT2D eigenvalue weighted by Gasteiger charge is -2.34. The second-order valence-corrected chi connectivity index (χ2v) is 9.73. The van der Waals surface area contributed by atoms with Crippen LogP contribution in [0.15, 0.2) is 35.2 Å². The number of amides is 1. The van der Waals surface area contributed by atoms with Crippen LogP contribution in [0.25, 0.3) is 11.0 Å². The number of fused-ring (bicyclic) bond motifs is 1. The van der Waals surface area contributed by atoms with Gasteiger partial charge in [0.05, 0.1) is 21.5 Å². The van der Waals surface area contributed by atoms with Crippen LogP contribution >= 0.6 is 12.2 Å². The van der Waals surface area contributed by atoms with Crippen LogP contribution in [-0.2, 0) is 10.0 Å². The van der Waals surface area contributed by atoms with Crippen molar-refractivity contribution in [2.24, 2.45) is 0 Å². The fourth-order valence-corrected chi connectivity index (χ4v) is 5.65. The molecule has 0 saturated carbocycles. The summed E-state index contributed by atoms with van der Waals surface area (Å²) in [5.74, 6) is -0.916.